The van der Waals surface area contributed by atoms with Crippen molar-refractivity contribution in [3.63, 3.8) is 0 Å². The van der Waals surface area contributed by atoms with Gasteiger partial charge in [0.25, 0.3) is 5.89 Å². The van der Waals surface area contributed by atoms with Crippen LogP contribution in [0.1, 0.15) is 0 Å². The van der Waals surface area contributed by atoms with Gasteiger partial charge in [0, 0.05) is 27.3 Å². The van der Waals surface area contributed by atoms with Gasteiger partial charge in [-0.05, 0) is 17.5 Å². The van der Waals surface area contributed by atoms with E-state index >= 15 is 0 Å². The number of hydrogen-bond acceptors (Lipinski definition) is 4. The lowest BCUT2D eigenvalue weighted by Crippen LogP contribution is -1.71. The number of thiophene rings is 1. The van der Waals surface area contributed by atoms with Gasteiger partial charge in [-0.15, -0.1) is 11.3 Å². The summed E-state index contributed by atoms with van der Waals surface area (Å²) in [7, 11) is 0. The standard InChI is InChI=1S/C10H5IN2OS/c11-10-12-9(14-13-10)8-5-6-3-1-2-4-7(6)15-8/h1-5H. The smallest absolute Gasteiger partial charge is 0.268 e. The maximum absolute atomic E-state index is 5.12. The first kappa shape index (κ1) is 9.29. The third-order valence-corrected chi connectivity index (χ3v) is 3.58. The highest BCUT2D eigenvalue weighted by Gasteiger charge is 2.10. The molecule has 3 aromatic rings. The fraction of sp³-hybridized carbons (Fsp3) is 0. The van der Waals surface area contributed by atoms with E-state index in [1.54, 1.807) is 11.3 Å². The highest BCUT2D eigenvalue weighted by Crippen LogP contribution is 2.32. The average Bonchev–Trinajstić information content (AvgIpc) is 2.82. The first-order chi connectivity index (χ1) is 7.33. The van der Waals surface area contributed by atoms with Gasteiger partial charge in [0.1, 0.15) is 0 Å². The molecule has 74 valence electrons. The van der Waals surface area contributed by atoms with E-state index in [1.807, 2.05) is 34.7 Å². The Bertz CT molecular complexity index is 583. The van der Waals surface area contributed by atoms with Crippen molar-refractivity contribution in [3.05, 3.63) is 34.2 Å². The minimum Gasteiger partial charge on any atom is -0.332 e. The van der Waals surface area contributed by atoms with Crippen LogP contribution in [-0.4, -0.2) is 10.1 Å². The van der Waals surface area contributed by atoms with Crippen LogP contribution in [0.2, 0.25) is 0 Å². The predicted octanol–water partition coefficient (Wildman–Crippen LogP) is 3.56. The van der Waals surface area contributed by atoms with Crippen molar-refractivity contribution in [3.8, 4) is 10.8 Å². The molecule has 0 fully saturated rings. The number of rotatable bonds is 1. The molecule has 0 N–H and O–H groups in total. The number of fused-ring (bicyclic) bond motifs is 1. The molecule has 0 radical (unpaired) electrons. The van der Waals surface area contributed by atoms with Gasteiger partial charge in [0.05, 0.1) is 4.88 Å². The second kappa shape index (κ2) is 3.57. The fourth-order valence-electron chi connectivity index (χ4n) is 1.39. The summed E-state index contributed by atoms with van der Waals surface area (Å²) >= 11 is 3.70. The zero-order chi connectivity index (χ0) is 10.3. The van der Waals surface area contributed by atoms with Crippen molar-refractivity contribution >= 4 is 44.0 Å². The molecule has 0 bridgehead atoms. The fourth-order valence-corrected chi connectivity index (χ4v) is 2.69. The summed E-state index contributed by atoms with van der Waals surface area (Å²) in [5.41, 5.74) is 0. The molecule has 0 saturated carbocycles. The molecule has 2 aromatic heterocycles. The van der Waals surface area contributed by atoms with Crippen LogP contribution in [-0.2, 0) is 0 Å². The highest BCUT2D eigenvalue weighted by atomic mass is 127. The SMILES string of the molecule is Ic1noc(-c2cc3ccccc3s2)n1. The van der Waals surface area contributed by atoms with Gasteiger partial charge in [-0.2, -0.15) is 4.98 Å². The summed E-state index contributed by atoms with van der Waals surface area (Å²) in [6.07, 6.45) is 0. The Kier molecular flexibility index (Phi) is 2.21. The van der Waals surface area contributed by atoms with Crippen molar-refractivity contribution < 1.29 is 4.52 Å². The topological polar surface area (TPSA) is 38.9 Å². The van der Waals surface area contributed by atoms with Gasteiger partial charge >= 0.3 is 0 Å². The molecule has 0 atom stereocenters. The lowest BCUT2D eigenvalue weighted by Gasteiger charge is -1.82. The number of aromatic nitrogens is 2. The van der Waals surface area contributed by atoms with Crippen LogP contribution >= 0.6 is 33.9 Å². The molecule has 3 rings (SSSR count). The van der Waals surface area contributed by atoms with E-state index in [0.717, 1.165) is 4.88 Å². The van der Waals surface area contributed by atoms with E-state index in [2.05, 4.69) is 28.3 Å². The summed E-state index contributed by atoms with van der Waals surface area (Å²) in [4.78, 5) is 5.22. The molecule has 0 aliphatic rings. The Balaban J connectivity index is 2.19. The Hall–Kier alpha value is -0.950. The Labute approximate surface area is 103 Å². The monoisotopic (exact) mass is 328 g/mol. The Morgan fingerprint density at radius 1 is 1.27 bits per heavy atom. The van der Waals surface area contributed by atoms with Crippen molar-refractivity contribution in [2.45, 2.75) is 0 Å². The molecule has 5 heteroatoms. The molecule has 1 aromatic carbocycles. The van der Waals surface area contributed by atoms with Crippen LogP contribution in [0.5, 0.6) is 0 Å². The van der Waals surface area contributed by atoms with Crippen LogP contribution in [0.15, 0.2) is 34.9 Å². The maximum atomic E-state index is 5.12. The van der Waals surface area contributed by atoms with Gasteiger partial charge in [-0.25, -0.2) is 0 Å². The van der Waals surface area contributed by atoms with Gasteiger partial charge in [-0.3, -0.25) is 0 Å². The molecule has 0 amide bonds. The van der Waals surface area contributed by atoms with E-state index in [0.29, 0.717) is 9.72 Å². The molecule has 0 aliphatic heterocycles. The van der Waals surface area contributed by atoms with E-state index < -0.39 is 0 Å². The van der Waals surface area contributed by atoms with Crippen molar-refractivity contribution in [2.24, 2.45) is 0 Å². The summed E-state index contributed by atoms with van der Waals surface area (Å²) < 4.78 is 7.00. The van der Waals surface area contributed by atoms with Crippen LogP contribution < -0.4 is 0 Å². The first-order valence-corrected chi connectivity index (χ1v) is 6.20. The zero-order valence-electron chi connectivity index (χ0n) is 7.48. The third kappa shape index (κ3) is 1.65. The summed E-state index contributed by atoms with van der Waals surface area (Å²) in [5, 5.41) is 4.98. The normalized spacial score (nSPS) is 11.0. The van der Waals surface area contributed by atoms with Crippen LogP contribution in [0.4, 0.5) is 0 Å². The molecule has 0 aliphatic carbocycles. The van der Waals surface area contributed by atoms with E-state index in [9.17, 15) is 0 Å². The van der Waals surface area contributed by atoms with Crippen LogP contribution in [0.25, 0.3) is 20.9 Å². The van der Waals surface area contributed by atoms with Crippen LogP contribution in [0.3, 0.4) is 0 Å². The molecule has 15 heavy (non-hydrogen) atoms. The van der Waals surface area contributed by atoms with Crippen LogP contribution in [0, 0.1) is 3.83 Å². The summed E-state index contributed by atoms with van der Waals surface area (Å²) in [6, 6.07) is 10.3. The summed E-state index contributed by atoms with van der Waals surface area (Å²) in [6.45, 7) is 0. The predicted molar refractivity (Wildman–Crippen MR) is 67.8 cm³/mol. The van der Waals surface area contributed by atoms with Gasteiger partial charge in [-0.1, -0.05) is 23.4 Å². The van der Waals surface area contributed by atoms with Crippen molar-refractivity contribution in [2.75, 3.05) is 0 Å². The molecule has 3 nitrogen and oxygen atoms in total. The molecule has 0 spiro atoms. The van der Waals surface area contributed by atoms with Crippen molar-refractivity contribution in [1.82, 2.24) is 10.1 Å². The van der Waals surface area contributed by atoms with E-state index in [1.165, 1.54) is 10.1 Å². The summed E-state index contributed by atoms with van der Waals surface area (Å²) in [5.74, 6) is 0.598. The van der Waals surface area contributed by atoms with E-state index in [4.69, 9.17) is 4.52 Å². The molecular weight excluding hydrogens is 323 g/mol. The number of halogens is 1. The molecular formula is C10H5IN2OS. The van der Waals surface area contributed by atoms with Gasteiger partial charge in [0.2, 0.25) is 3.83 Å². The van der Waals surface area contributed by atoms with Crippen molar-refractivity contribution in [1.29, 1.82) is 0 Å². The lowest BCUT2D eigenvalue weighted by atomic mass is 10.2. The average molecular weight is 328 g/mol. The zero-order valence-corrected chi connectivity index (χ0v) is 10.4. The molecule has 0 unspecified atom stereocenters. The second-order valence-corrected chi connectivity index (χ2v) is 5.07. The minimum atomic E-state index is 0.598. The lowest BCUT2D eigenvalue weighted by molar-refractivity contribution is 0.426. The quantitative estimate of drug-likeness (QED) is 0.641. The van der Waals surface area contributed by atoms with E-state index in [-0.39, 0.29) is 0 Å². The Morgan fingerprint density at radius 3 is 2.87 bits per heavy atom. The first-order valence-electron chi connectivity index (χ1n) is 4.31. The van der Waals surface area contributed by atoms with Gasteiger partial charge < -0.3 is 4.52 Å². The Morgan fingerprint density at radius 2 is 2.13 bits per heavy atom. The third-order valence-electron chi connectivity index (χ3n) is 2.04. The molecule has 2 heterocycles. The maximum Gasteiger partial charge on any atom is 0.268 e. The molecule has 0 saturated heterocycles. The number of benzene rings is 1. The second-order valence-electron chi connectivity index (χ2n) is 3.02. The minimum absolute atomic E-state index is 0.598. The van der Waals surface area contributed by atoms with Gasteiger partial charge in [0.15, 0.2) is 0 Å². The highest BCUT2D eigenvalue weighted by molar-refractivity contribution is 14.1. The number of hydrogen-bond donors (Lipinski definition) is 0. The number of nitrogens with zero attached hydrogens (tertiary/aromatic N) is 2. The largest absolute Gasteiger partial charge is 0.332 e.